The van der Waals surface area contributed by atoms with Crippen molar-refractivity contribution in [2.24, 2.45) is 0 Å². The van der Waals surface area contributed by atoms with E-state index in [2.05, 4.69) is 14.9 Å². The van der Waals surface area contributed by atoms with Crippen LogP contribution < -0.4 is 14.2 Å². The van der Waals surface area contributed by atoms with Crippen molar-refractivity contribution in [3.05, 3.63) is 53.9 Å². The summed E-state index contributed by atoms with van der Waals surface area (Å²) in [6.45, 7) is 1.66. The number of aryl methyl sites for hydroxylation is 1. The zero-order chi connectivity index (χ0) is 19.4. The van der Waals surface area contributed by atoms with Crippen molar-refractivity contribution in [2.45, 2.75) is 18.4 Å². The lowest BCUT2D eigenvalue weighted by atomic mass is 10.2. The number of aromatic nitrogens is 2. The number of benzene rings is 2. The molecule has 2 aromatic carbocycles. The Kier molecular flexibility index (Phi) is 5.43. The van der Waals surface area contributed by atoms with Gasteiger partial charge in [-0.25, -0.2) is 13.1 Å². The molecule has 0 saturated heterocycles. The zero-order valence-corrected chi connectivity index (χ0v) is 15.9. The summed E-state index contributed by atoms with van der Waals surface area (Å²) in [6.07, 6.45) is 0. The van der Waals surface area contributed by atoms with Crippen LogP contribution in [0.3, 0.4) is 0 Å². The normalized spacial score (nSPS) is 11.4. The van der Waals surface area contributed by atoms with Gasteiger partial charge in [0.05, 0.1) is 20.8 Å². The molecule has 0 spiro atoms. The monoisotopic (exact) mass is 389 g/mol. The molecule has 0 unspecified atom stereocenters. The molecular weight excluding hydrogens is 370 g/mol. The van der Waals surface area contributed by atoms with Crippen LogP contribution in [-0.4, -0.2) is 32.8 Å². The van der Waals surface area contributed by atoms with Crippen molar-refractivity contribution < 1.29 is 22.3 Å². The summed E-state index contributed by atoms with van der Waals surface area (Å²) in [5, 5.41) is 7.84. The van der Waals surface area contributed by atoms with Crippen molar-refractivity contribution in [1.82, 2.24) is 14.9 Å². The quantitative estimate of drug-likeness (QED) is 0.662. The van der Waals surface area contributed by atoms with E-state index in [1.807, 2.05) is 0 Å². The number of hydrogen-bond donors (Lipinski definition) is 1. The first-order valence-electron chi connectivity index (χ1n) is 8.04. The molecule has 0 bridgehead atoms. The fourth-order valence-electron chi connectivity index (χ4n) is 2.43. The first-order valence-corrected chi connectivity index (χ1v) is 9.52. The Balaban J connectivity index is 1.77. The first-order chi connectivity index (χ1) is 12.9. The molecule has 0 radical (unpaired) electrons. The van der Waals surface area contributed by atoms with Gasteiger partial charge in [0.15, 0.2) is 0 Å². The average Bonchev–Trinajstić information content (AvgIpc) is 3.16. The fourth-order valence-corrected chi connectivity index (χ4v) is 3.65. The second kappa shape index (κ2) is 7.77. The summed E-state index contributed by atoms with van der Waals surface area (Å²) < 4.78 is 43.5. The molecule has 27 heavy (non-hydrogen) atoms. The maximum absolute atomic E-state index is 12.6. The second-order valence-corrected chi connectivity index (χ2v) is 7.45. The third-order valence-corrected chi connectivity index (χ3v) is 5.23. The highest BCUT2D eigenvalue weighted by Crippen LogP contribution is 2.25. The van der Waals surface area contributed by atoms with Crippen molar-refractivity contribution >= 4 is 10.0 Å². The Labute approximate surface area is 157 Å². The molecule has 0 aliphatic carbocycles. The van der Waals surface area contributed by atoms with E-state index in [1.54, 1.807) is 50.4 Å². The minimum Gasteiger partial charge on any atom is -0.497 e. The van der Waals surface area contributed by atoms with Crippen LogP contribution in [-0.2, 0) is 16.6 Å². The summed E-state index contributed by atoms with van der Waals surface area (Å²) in [4.78, 5) is 0.0533. The van der Waals surface area contributed by atoms with Crippen LogP contribution >= 0.6 is 0 Å². The molecule has 9 heteroatoms. The van der Waals surface area contributed by atoms with Crippen molar-refractivity contribution in [1.29, 1.82) is 0 Å². The van der Waals surface area contributed by atoms with E-state index in [1.165, 1.54) is 13.2 Å². The Hall–Kier alpha value is -2.91. The minimum absolute atomic E-state index is 0.0533. The van der Waals surface area contributed by atoms with Crippen LogP contribution in [0, 0.1) is 6.92 Å². The van der Waals surface area contributed by atoms with E-state index in [9.17, 15) is 8.42 Å². The predicted octanol–water partition coefficient (Wildman–Crippen LogP) is 2.54. The number of methoxy groups -OCH3 is 2. The van der Waals surface area contributed by atoms with Crippen LogP contribution in [0.1, 0.15) is 11.5 Å². The van der Waals surface area contributed by atoms with Gasteiger partial charge in [-0.2, -0.15) is 0 Å². The predicted molar refractivity (Wildman–Crippen MR) is 98.0 cm³/mol. The van der Waals surface area contributed by atoms with Gasteiger partial charge in [0.1, 0.15) is 16.4 Å². The van der Waals surface area contributed by atoms with Gasteiger partial charge in [0.2, 0.25) is 21.8 Å². The maximum atomic E-state index is 12.6. The molecule has 0 fully saturated rings. The van der Waals surface area contributed by atoms with E-state index in [-0.39, 0.29) is 29.0 Å². The van der Waals surface area contributed by atoms with Crippen molar-refractivity contribution in [2.75, 3.05) is 14.2 Å². The van der Waals surface area contributed by atoms with Gasteiger partial charge in [-0.15, -0.1) is 10.2 Å². The molecule has 1 aromatic heterocycles. The first kappa shape index (κ1) is 18.9. The van der Waals surface area contributed by atoms with Crippen LogP contribution in [0.25, 0.3) is 11.5 Å². The number of nitrogens with zero attached hydrogens (tertiary/aromatic N) is 2. The number of rotatable bonds is 7. The molecule has 8 nitrogen and oxygen atoms in total. The van der Waals surface area contributed by atoms with Crippen LogP contribution in [0.2, 0.25) is 0 Å². The van der Waals surface area contributed by atoms with Gasteiger partial charge < -0.3 is 13.9 Å². The molecule has 0 aliphatic rings. The summed E-state index contributed by atoms with van der Waals surface area (Å²) in [5.41, 5.74) is 1.48. The van der Waals surface area contributed by atoms with Crippen molar-refractivity contribution in [3.8, 4) is 23.0 Å². The second-order valence-electron chi connectivity index (χ2n) is 5.71. The third-order valence-electron chi connectivity index (χ3n) is 3.81. The van der Waals surface area contributed by atoms with Gasteiger partial charge in [0, 0.05) is 5.56 Å². The molecule has 1 heterocycles. The SMILES string of the molecule is COc1cccc(-c2nnc(CNS(=O)(=O)c3cc(C)ccc3OC)o2)c1. The lowest BCUT2D eigenvalue weighted by Gasteiger charge is -2.10. The van der Waals surface area contributed by atoms with E-state index in [4.69, 9.17) is 13.9 Å². The molecule has 1 N–H and O–H groups in total. The van der Waals surface area contributed by atoms with Crippen LogP contribution in [0.4, 0.5) is 0 Å². The van der Waals surface area contributed by atoms with E-state index < -0.39 is 10.0 Å². The summed E-state index contributed by atoms with van der Waals surface area (Å²) in [5.74, 6) is 1.33. The molecule has 3 aromatic rings. The topological polar surface area (TPSA) is 104 Å². The van der Waals surface area contributed by atoms with Gasteiger partial charge in [-0.1, -0.05) is 12.1 Å². The average molecular weight is 389 g/mol. The number of hydrogen-bond acceptors (Lipinski definition) is 7. The van der Waals surface area contributed by atoms with E-state index >= 15 is 0 Å². The van der Waals surface area contributed by atoms with Crippen LogP contribution in [0.5, 0.6) is 11.5 Å². The molecule has 0 amide bonds. The minimum atomic E-state index is -3.81. The summed E-state index contributed by atoms with van der Waals surface area (Å²) in [7, 11) is -0.832. The summed E-state index contributed by atoms with van der Waals surface area (Å²) >= 11 is 0. The molecule has 0 aliphatic heterocycles. The Morgan fingerprint density at radius 1 is 1.07 bits per heavy atom. The lowest BCUT2D eigenvalue weighted by Crippen LogP contribution is -2.24. The highest BCUT2D eigenvalue weighted by Gasteiger charge is 2.21. The summed E-state index contributed by atoms with van der Waals surface area (Å²) in [6, 6.07) is 12.1. The fraction of sp³-hybridized carbons (Fsp3) is 0.222. The number of ether oxygens (including phenoxy) is 2. The largest absolute Gasteiger partial charge is 0.497 e. The van der Waals surface area contributed by atoms with Gasteiger partial charge in [0.25, 0.3) is 0 Å². The Morgan fingerprint density at radius 3 is 2.63 bits per heavy atom. The molecule has 0 saturated carbocycles. The van der Waals surface area contributed by atoms with E-state index in [0.29, 0.717) is 11.3 Å². The number of sulfonamides is 1. The molecule has 0 atom stereocenters. The van der Waals surface area contributed by atoms with Gasteiger partial charge >= 0.3 is 0 Å². The van der Waals surface area contributed by atoms with Crippen molar-refractivity contribution in [3.63, 3.8) is 0 Å². The van der Waals surface area contributed by atoms with Gasteiger partial charge in [-0.05, 0) is 42.8 Å². The highest BCUT2D eigenvalue weighted by atomic mass is 32.2. The maximum Gasteiger partial charge on any atom is 0.247 e. The number of nitrogens with one attached hydrogen (secondary N) is 1. The zero-order valence-electron chi connectivity index (χ0n) is 15.1. The lowest BCUT2D eigenvalue weighted by molar-refractivity contribution is 0.402. The van der Waals surface area contributed by atoms with Crippen LogP contribution in [0.15, 0.2) is 51.8 Å². The Bertz CT molecular complexity index is 1050. The molecule has 142 valence electrons. The molecular formula is C18H19N3O5S. The Morgan fingerprint density at radius 2 is 1.89 bits per heavy atom. The van der Waals surface area contributed by atoms with E-state index in [0.717, 1.165) is 5.56 Å². The smallest absolute Gasteiger partial charge is 0.247 e. The standard InChI is InChI=1S/C18H19N3O5S/c1-12-7-8-15(25-3)16(9-12)27(22,23)19-11-17-20-21-18(26-17)13-5-4-6-14(10-13)24-2/h4-10,19H,11H2,1-3H3. The highest BCUT2D eigenvalue weighted by molar-refractivity contribution is 7.89. The van der Waals surface area contributed by atoms with Gasteiger partial charge in [-0.3, -0.25) is 0 Å². The third kappa shape index (κ3) is 4.26. The molecule has 3 rings (SSSR count).